The summed E-state index contributed by atoms with van der Waals surface area (Å²) in [7, 11) is 0. The van der Waals surface area contributed by atoms with Crippen molar-refractivity contribution in [1.82, 2.24) is 20.1 Å². The Morgan fingerprint density at radius 1 is 1.25 bits per heavy atom. The van der Waals surface area contributed by atoms with Gasteiger partial charge in [-0.25, -0.2) is 5.10 Å². The van der Waals surface area contributed by atoms with Crippen molar-refractivity contribution in [1.29, 1.82) is 0 Å². The topological polar surface area (TPSA) is 74.1 Å². The Kier molecular flexibility index (Phi) is 2.43. The number of nitrogens with zero attached hydrogens (tertiary/aromatic N) is 4. The summed E-state index contributed by atoms with van der Waals surface area (Å²) in [5, 5.41) is 6.82. The number of nitrogen functional groups attached to an aromatic ring is 1. The van der Waals surface area contributed by atoms with Gasteiger partial charge in [-0.2, -0.15) is 4.98 Å². The van der Waals surface area contributed by atoms with Crippen LogP contribution in [0.2, 0.25) is 0 Å². The van der Waals surface area contributed by atoms with Crippen LogP contribution in [-0.4, -0.2) is 52.3 Å². The standard InChI is InChI=1S/C10H18N6/c11-9-12-10(14-13-9)16-6-5-15-4-2-1-3-8(15)7-16/h8H,1-7H2,(H3,11,12,13,14). The quantitative estimate of drug-likeness (QED) is 0.703. The van der Waals surface area contributed by atoms with Gasteiger partial charge in [0, 0.05) is 25.7 Å². The number of aromatic nitrogens is 3. The van der Waals surface area contributed by atoms with Gasteiger partial charge in [0.15, 0.2) is 0 Å². The van der Waals surface area contributed by atoms with E-state index in [1.165, 1.54) is 25.8 Å². The van der Waals surface area contributed by atoms with Crippen LogP contribution in [0, 0.1) is 0 Å². The molecule has 2 fully saturated rings. The third-order valence-corrected chi connectivity index (χ3v) is 3.61. The highest BCUT2D eigenvalue weighted by molar-refractivity contribution is 5.34. The normalized spacial score (nSPS) is 26.8. The first-order valence-corrected chi connectivity index (χ1v) is 6.00. The minimum absolute atomic E-state index is 0.404. The van der Waals surface area contributed by atoms with Crippen molar-refractivity contribution >= 4 is 11.9 Å². The number of nitrogens with two attached hydrogens (primary N) is 1. The molecule has 2 aliphatic rings. The van der Waals surface area contributed by atoms with E-state index < -0.39 is 0 Å². The molecule has 0 spiro atoms. The zero-order valence-electron chi connectivity index (χ0n) is 9.39. The number of hydrogen-bond acceptors (Lipinski definition) is 5. The molecule has 16 heavy (non-hydrogen) atoms. The van der Waals surface area contributed by atoms with Crippen molar-refractivity contribution in [3.63, 3.8) is 0 Å². The van der Waals surface area contributed by atoms with Crippen LogP contribution in [0.5, 0.6) is 0 Å². The average Bonchev–Trinajstić information content (AvgIpc) is 2.75. The summed E-state index contributed by atoms with van der Waals surface area (Å²) in [6.45, 7) is 4.43. The van der Waals surface area contributed by atoms with Gasteiger partial charge >= 0.3 is 0 Å². The van der Waals surface area contributed by atoms with E-state index in [0.717, 1.165) is 25.6 Å². The SMILES string of the molecule is Nc1nc(N2CCN3CCCCC3C2)n[nH]1. The van der Waals surface area contributed by atoms with Crippen LogP contribution >= 0.6 is 0 Å². The van der Waals surface area contributed by atoms with Gasteiger partial charge in [0.25, 0.3) is 0 Å². The lowest BCUT2D eigenvalue weighted by Gasteiger charge is -2.43. The molecule has 2 saturated heterocycles. The number of piperidine rings is 1. The largest absolute Gasteiger partial charge is 0.368 e. The van der Waals surface area contributed by atoms with Crippen molar-refractivity contribution in [2.75, 3.05) is 36.8 Å². The average molecular weight is 222 g/mol. The van der Waals surface area contributed by atoms with Crippen LogP contribution in [0.4, 0.5) is 11.9 Å². The Labute approximate surface area is 94.8 Å². The van der Waals surface area contributed by atoms with E-state index in [1.54, 1.807) is 0 Å². The van der Waals surface area contributed by atoms with E-state index in [4.69, 9.17) is 5.73 Å². The van der Waals surface area contributed by atoms with E-state index in [0.29, 0.717) is 12.0 Å². The Bertz CT molecular complexity index is 362. The van der Waals surface area contributed by atoms with Crippen LogP contribution in [0.15, 0.2) is 0 Å². The maximum atomic E-state index is 5.55. The molecule has 1 aromatic rings. The minimum Gasteiger partial charge on any atom is -0.368 e. The number of H-pyrrole nitrogens is 1. The molecule has 1 aromatic heterocycles. The van der Waals surface area contributed by atoms with Gasteiger partial charge in [-0.3, -0.25) is 4.90 Å². The fourth-order valence-electron chi connectivity index (χ4n) is 2.74. The second-order valence-corrected chi connectivity index (χ2v) is 4.65. The van der Waals surface area contributed by atoms with Gasteiger partial charge < -0.3 is 10.6 Å². The Hall–Kier alpha value is -1.30. The fourth-order valence-corrected chi connectivity index (χ4v) is 2.74. The summed E-state index contributed by atoms with van der Waals surface area (Å²) in [5.74, 6) is 1.16. The van der Waals surface area contributed by atoms with Crippen LogP contribution in [-0.2, 0) is 0 Å². The van der Waals surface area contributed by atoms with Gasteiger partial charge in [0.1, 0.15) is 0 Å². The summed E-state index contributed by atoms with van der Waals surface area (Å²) < 4.78 is 0. The summed E-state index contributed by atoms with van der Waals surface area (Å²) in [6, 6.07) is 0.683. The van der Waals surface area contributed by atoms with Gasteiger partial charge in [-0.1, -0.05) is 6.42 Å². The summed E-state index contributed by atoms with van der Waals surface area (Å²) >= 11 is 0. The monoisotopic (exact) mass is 222 g/mol. The van der Waals surface area contributed by atoms with Crippen LogP contribution in [0.3, 0.4) is 0 Å². The molecule has 3 N–H and O–H groups in total. The van der Waals surface area contributed by atoms with Gasteiger partial charge in [0.2, 0.25) is 11.9 Å². The third-order valence-electron chi connectivity index (χ3n) is 3.61. The van der Waals surface area contributed by atoms with Crippen molar-refractivity contribution in [3.05, 3.63) is 0 Å². The molecule has 0 bridgehead atoms. The van der Waals surface area contributed by atoms with E-state index in [-0.39, 0.29) is 0 Å². The molecule has 3 rings (SSSR count). The van der Waals surface area contributed by atoms with Crippen LogP contribution < -0.4 is 10.6 Å². The highest BCUT2D eigenvalue weighted by Gasteiger charge is 2.30. The van der Waals surface area contributed by atoms with Crippen molar-refractivity contribution < 1.29 is 0 Å². The Morgan fingerprint density at radius 2 is 2.19 bits per heavy atom. The number of piperazine rings is 1. The van der Waals surface area contributed by atoms with Crippen LogP contribution in [0.1, 0.15) is 19.3 Å². The second-order valence-electron chi connectivity index (χ2n) is 4.65. The maximum Gasteiger partial charge on any atom is 0.246 e. The maximum absolute atomic E-state index is 5.55. The Morgan fingerprint density at radius 3 is 3.00 bits per heavy atom. The number of rotatable bonds is 1. The minimum atomic E-state index is 0.404. The molecule has 88 valence electrons. The summed E-state index contributed by atoms with van der Waals surface area (Å²) in [5.41, 5.74) is 5.55. The molecule has 0 aromatic carbocycles. The lowest BCUT2D eigenvalue weighted by atomic mass is 10.00. The van der Waals surface area contributed by atoms with E-state index >= 15 is 0 Å². The van der Waals surface area contributed by atoms with E-state index in [2.05, 4.69) is 25.0 Å². The molecule has 0 amide bonds. The van der Waals surface area contributed by atoms with Crippen molar-refractivity contribution in [2.45, 2.75) is 25.3 Å². The summed E-state index contributed by atoms with van der Waals surface area (Å²) in [4.78, 5) is 9.02. The second kappa shape index (κ2) is 3.93. The highest BCUT2D eigenvalue weighted by Crippen LogP contribution is 2.23. The molecule has 3 heterocycles. The first kappa shape index (κ1) is 9.89. The predicted molar refractivity (Wildman–Crippen MR) is 62.2 cm³/mol. The van der Waals surface area contributed by atoms with E-state index in [9.17, 15) is 0 Å². The van der Waals surface area contributed by atoms with Gasteiger partial charge in [-0.15, -0.1) is 5.10 Å². The van der Waals surface area contributed by atoms with E-state index in [1.807, 2.05) is 0 Å². The fraction of sp³-hybridized carbons (Fsp3) is 0.800. The molecule has 1 atom stereocenters. The molecule has 1 unspecified atom stereocenters. The molecule has 0 aliphatic carbocycles. The lowest BCUT2D eigenvalue weighted by molar-refractivity contribution is 0.133. The molecular weight excluding hydrogens is 204 g/mol. The van der Waals surface area contributed by atoms with Crippen molar-refractivity contribution in [2.24, 2.45) is 0 Å². The lowest BCUT2D eigenvalue weighted by Crippen LogP contribution is -2.55. The Balaban J connectivity index is 1.70. The first-order valence-electron chi connectivity index (χ1n) is 6.00. The zero-order valence-corrected chi connectivity index (χ0v) is 9.39. The number of aromatic amines is 1. The number of anilines is 2. The number of nitrogens with one attached hydrogen (secondary N) is 1. The number of fused-ring (bicyclic) bond motifs is 1. The highest BCUT2D eigenvalue weighted by atomic mass is 15.4. The van der Waals surface area contributed by atoms with Gasteiger partial charge in [0.05, 0.1) is 0 Å². The number of hydrogen-bond donors (Lipinski definition) is 2. The molecule has 6 nitrogen and oxygen atoms in total. The first-order chi connectivity index (χ1) is 7.83. The molecule has 0 saturated carbocycles. The molecular formula is C10H18N6. The molecule has 2 aliphatic heterocycles. The van der Waals surface area contributed by atoms with Crippen molar-refractivity contribution in [3.8, 4) is 0 Å². The third kappa shape index (κ3) is 1.73. The predicted octanol–water partition coefficient (Wildman–Crippen LogP) is 0.0614. The smallest absolute Gasteiger partial charge is 0.246 e. The summed E-state index contributed by atoms with van der Waals surface area (Å²) in [6.07, 6.45) is 4.01. The molecule has 6 heteroatoms. The zero-order chi connectivity index (χ0) is 11.0. The van der Waals surface area contributed by atoms with Crippen LogP contribution in [0.25, 0.3) is 0 Å². The van der Waals surface area contributed by atoms with Gasteiger partial charge in [-0.05, 0) is 19.4 Å². The molecule has 0 radical (unpaired) electrons.